The summed E-state index contributed by atoms with van der Waals surface area (Å²) >= 11 is 0. The zero-order valence-corrected chi connectivity index (χ0v) is 13.4. The molecule has 0 bridgehead atoms. The number of aromatic amines is 1. The van der Waals surface area contributed by atoms with Crippen LogP contribution in [0, 0.1) is 11.6 Å². The average molecular weight is 360 g/mol. The van der Waals surface area contributed by atoms with Crippen LogP contribution < -0.4 is 10.9 Å². The minimum Gasteiger partial charge on any atom is -0.441 e. The number of carbonyl (C=O) groups excluding carboxylic acids is 2. The zero-order chi connectivity index (χ0) is 18.5. The van der Waals surface area contributed by atoms with Gasteiger partial charge in [0.15, 0.2) is 11.7 Å². The predicted octanol–water partition coefficient (Wildman–Crippen LogP) is 2.34. The van der Waals surface area contributed by atoms with E-state index in [1.807, 2.05) is 0 Å². The van der Waals surface area contributed by atoms with Crippen molar-refractivity contribution in [3.63, 3.8) is 0 Å². The van der Waals surface area contributed by atoms with Crippen molar-refractivity contribution in [2.45, 2.75) is 12.8 Å². The van der Waals surface area contributed by atoms with Crippen molar-refractivity contribution in [2.75, 3.05) is 0 Å². The third-order valence-electron chi connectivity index (χ3n) is 3.47. The van der Waals surface area contributed by atoms with Gasteiger partial charge in [0, 0.05) is 25.1 Å². The molecule has 0 atom stereocenters. The molecule has 3 rings (SSSR count). The van der Waals surface area contributed by atoms with E-state index in [-0.39, 0.29) is 30.1 Å². The molecule has 26 heavy (non-hydrogen) atoms. The lowest BCUT2D eigenvalue weighted by Crippen LogP contribution is -2.41. The van der Waals surface area contributed by atoms with Gasteiger partial charge in [-0.25, -0.2) is 13.8 Å². The van der Waals surface area contributed by atoms with E-state index >= 15 is 0 Å². The Hall–Kier alpha value is -3.49. The summed E-state index contributed by atoms with van der Waals surface area (Å²) in [6.07, 6.45) is 3.03. The quantitative estimate of drug-likeness (QED) is 0.608. The number of carbonyl (C=O) groups is 2. The van der Waals surface area contributed by atoms with E-state index in [0.717, 1.165) is 12.1 Å². The second-order valence-corrected chi connectivity index (χ2v) is 5.33. The van der Waals surface area contributed by atoms with Crippen LogP contribution >= 0.6 is 0 Å². The Bertz CT molecular complexity index is 922. The van der Waals surface area contributed by atoms with Crippen LogP contribution in [0.3, 0.4) is 0 Å². The van der Waals surface area contributed by atoms with Crippen LogP contribution in [0.1, 0.15) is 22.8 Å². The summed E-state index contributed by atoms with van der Waals surface area (Å²) in [5, 5.41) is 0. The van der Waals surface area contributed by atoms with E-state index in [9.17, 15) is 18.4 Å². The second-order valence-electron chi connectivity index (χ2n) is 5.33. The van der Waals surface area contributed by atoms with Gasteiger partial charge in [-0.05, 0) is 24.3 Å². The van der Waals surface area contributed by atoms with Gasteiger partial charge in [-0.15, -0.1) is 0 Å². The van der Waals surface area contributed by atoms with Gasteiger partial charge in [0.2, 0.25) is 5.91 Å². The van der Waals surface area contributed by atoms with Crippen molar-refractivity contribution >= 4 is 11.8 Å². The van der Waals surface area contributed by atoms with Crippen molar-refractivity contribution in [3.05, 3.63) is 65.9 Å². The molecule has 0 fully saturated rings. The molecule has 0 aliphatic heterocycles. The fraction of sp³-hybridized carbons (Fsp3) is 0.118. The van der Waals surface area contributed by atoms with E-state index in [4.69, 9.17) is 4.42 Å². The lowest BCUT2D eigenvalue weighted by atomic mass is 10.2. The molecule has 134 valence electrons. The molecule has 2 heterocycles. The minimum absolute atomic E-state index is 0.00312. The number of benzene rings is 1. The Morgan fingerprint density at radius 2 is 2.04 bits per heavy atom. The van der Waals surface area contributed by atoms with Gasteiger partial charge in [-0.1, -0.05) is 0 Å². The molecular formula is C17H14F2N4O3. The smallest absolute Gasteiger partial charge is 0.286 e. The largest absolute Gasteiger partial charge is 0.441 e. The van der Waals surface area contributed by atoms with Crippen LogP contribution in [0.2, 0.25) is 0 Å². The van der Waals surface area contributed by atoms with E-state index in [0.29, 0.717) is 5.69 Å². The SMILES string of the molecule is O=C(CCc1ncc(-c2ccc(F)cc2F)o1)NNC(=O)c1ccc[nH]1. The molecule has 7 nitrogen and oxygen atoms in total. The van der Waals surface area contributed by atoms with Crippen molar-refractivity contribution in [3.8, 4) is 11.3 Å². The molecule has 0 saturated heterocycles. The molecule has 0 spiro atoms. The molecular weight excluding hydrogens is 346 g/mol. The number of hydrazine groups is 1. The summed E-state index contributed by atoms with van der Waals surface area (Å²) < 4.78 is 32.0. The van der Waals surface area contributed by atoms with Gasteiger partial charge in [0.25, 0.3) is 5.91 Å². The Kier molecular flexibility index (Phi) is 5.07. The summed E-state index contributed by atoms with van der Waals surface area (Å²) in [6.45, 7) is 0. The summed E-state index contributed by atoms with van der Waals surface area (Å²) in [6, 6.07) is 6.32. The Morgan fingerprint density at radius 3 is 2.77 bits per heavy atom. The van der Waals surface area contributed by atoms with Crippen molar-refractivity contribution < 1.29 is 22.8 Å². The first-order valence-corrected chi connectivity index (χ1v) is 7.65. The second kappa shape index (κ2) is 7.60. The van der Waals surface area contributed by atoms with Gasteiger partial charge in [-0.2, -0.15) is 0 Å². The molecule has 0 unspecified atom stereocenters. The highest BCUT2D eigenvalue weighted by molar-refractivity contribution is 5.93. The number of amides is 2. The number of nitrogens with one attached hydrogen (secondary N) is 3. The predicted molar refractivity (Wildman–Crippen MR) is 86.6 cm³/mol. The maximum Gasteiger partial charge on any atom is 0.286 e. The van der Waals surface area contributed by atoms with Crippen LogP contribution in [-0.4, -0.2) is 21.8 Å². The summed E-state index contributed by atoms with van der Waals surface area (Å²) in [4.78, 5) is 30.1. The molecule has 3 aromatic rings. The Morgan fingerprint density at radius 1 is 1.19 bits per heavy atom. The number of oxazole rings is 1. The first kappa shape index (κ1) is 17.3. The van der Waals surface area contributed by atoms with Crippen molar-refractivity contribution in [1.82, 2.24) is 20.8 Å². The number of aromatic nitrogens is 2. The normalized spacial score (nSPS) is 10.5. The fourth-order valence-corrected chi connectivity index (χ4v) is 2.19. The first-order chi connectivity index (χ1) is 12.5. The highest BCUT2D eigenvalue weighted by Gasteiger charge is 2.13. The number of hydrogen-bond acceptors (Lipinski definition) is 4. The third kappa shape index (κ3) is 4.12. The number of rotatable bonds is 5. The van der Waals surface area contributed by atoms with Crippen LogP contribution in [0.5, 0.6) is 0 Å². The topological polar surface area (TPSA) is 100 Å². The minimum atomic E-state index is -0.766. The maximum atomic E-state index is 13.7. The molecule has 0 aliphatic carbocycles. The maximum absolute atomic E-state index is 13.7. The molecule has 9 heteroatoms. The average Bonchev–Trinajstić information content (AvgIpc) is 3.29. The molecule has 0 aliphatic rings. The van der Waals surface area contributed by atoms with Crippen LogP contribution in [-0.2, 0) is 11.2 Å². The summed E-state index contributed by atoms with van der Waals surface area (Å²) in [5.74, 6) is -2.03. The number of H-pyrrole nitrogens is 1. The van der Waals surface area contributed by atoms with E-state index in [1.54, 1.807) is 18.3 Å². The van der Waals surface area contributed by atoms with Gasteiger partial charge in [0.1, 0.15) is 17.3 Å². The number of halogens is 2. The zero-order valence-electron chi connectivity index (χ0n) is 13.4. The summed E-state index contributed by atoms with van der Waals surface area (Å²) in [7, 11) is 0. The molecule has 0 radical (unpaired) electrons. The van der Waals surface area contributed by atoms with Crippen LogP contribution in [0.15, 0.2) is 47.1 Å². The monoisotopic (exact) mass is 360 g/mol. The first-order valence-electron chi connectivity index (χ1n) is 7.65. The third-order valence-corrected chi connectivity index (χ3v) is 3.47. The molecule has 2 aromatic heterocycles. The lowest BCUT2D eigenvalue weighted by Gasteiger charge is -2.05. The molecule has 2 amide bonds. The number of aryl methyl sites for hydroxylation is 1. The Balaban J connectivity index is 1.51. The highest BCUT2D eigenvalue weighted by atomic mass is 19.1. The van der Waals surface area contributed by atoms with Gasteiger partial charge in [0.05, 0.1) is 11.8 Å². The van der Waals surface area contributed by atoms with Gasteiger partial charge >= 0.3 is 0 Å². The van der Waals surface area contributed by atoms with Gasteiger partial charge in [-0.3, -0.25) is 20.4 Å². The molecule has 3 N–H and O–H groups in total. The van der Waals surface area contributed by atoms with Crippen molar-refractivity contribution in [1.29, 1.82) is 0 Å². The highest BCUT2D eigenvalue weighted by Crippen LogP contribution is 2.24. The number of nitrogens with zero attached hydrogens (tertiary/aromatic N) is 1. The fourth-order valence-electron chi connectivity index (χ4n) is 2.19. The van der Waals surface area contributed by atoms with E-state index < -0.39 is 23.4 Å². The number of hydrogen-bond donors (Lipinski definition) is 3. The van der Waals surface area contributed by atoms with Gasteiger partial charge < -0.3 is 9.40 Å². The molecule has 1 aromatic carbocycles. The Labute approximate surface area is 146 Å². The van der Waals surface area contributed by atoms with E-state index in [1.165, 1.54) is 12.3 Å². The van der Waals surface area contributed by atoms with Crippen molar-refractivity contribution in [2.24, 2.45) is 0 Å². The summed E-state index contributed by atoms with van der Waals surface area (Å²) in [5.41, 5.74) is 4.91. The van der Waals surface area contributed by atoms with Crippen LogP contribution in [0.25, 0.3) is 11.3 Å². The van der Waals surface area contributed by atoms with Crippen LogP contribution in [0.4, 0.5) is 8.78 Å². The lowest BCUT2D eigenvalue weighted by molar-refractivity contribution is -0.121. The standard InChI is InChI=1S/C17H14F2N4O3/c18-10-3-4-11(12(19)8-10)14-9-21-16(26-14)6-5-15(24)22-23-17(25)13-2-1-7-20-13/h1-4,7-9,20H,5-6H2,(H,22,24)(H,23,25). The van der Waals surface area contributed by atoms with E-state index in [2.05, 4.69) is 20.8 Å². The molecule has 0 saturated carbocycles.